The molecule has 0 aliphatic rings. The number of esters is 1. The number of ether oxygens (including phenoxy) is 1. The zero-order valence-electron chi connectivity index (χ0n) is 12.4. The Balaban J connectivity index is 3.38. The monoisotopic (exact) mass is 297 g/mol. The van der Waals surface area contributed by atoms with E-state index in [1.807, 2.05) is 32.0 Å². The maximum Gasteiger partial charge on any atom is 0.328 e. The largest absolute Gasteiger partial charge is 0.467 e. The molecule has 1 aromatic rings. The number of hydrogen-bond donors (Lipinski definition) is 0. The molecule has 110 valence electrons. The summed E-state index contributed by atoms with van der Waals surface area (Å²) in [5, 5.41) is -0.721. The van der Waals surface area contributed by atoms with Gasteiger partial charge in [-0.15, -0.1) is 11.6 Å². The Hall–Kier alpha value is -1.55. The van der Waals surface area contributed by atoms with E-state index in [1.165, 1.54) is 12.0 Å². The third-order valence-corrected chi connectivity index (χ3v) is 3.37. The van der Waals surface area contributed by atoms with Gasteiger partial charge in [0.05, 0.1) is 12.8 Å². The Morgan fingerprint density at radius 1 is 1.20 bits per heavy atom. The lowest BCUT2D eigenvalue weighted by Crippen LogP contribution is -2.47. The summed E-state index contributed by atoms with van der Waals surface area (Å²) in [6.45, 7) is 7.01. The van der Waals surface area contributed by atoms with Crippen LogP contribution in [0, 0.1) is 13.8 Å². The summed E-state index contributed by atoms with van der Waals surface area (Å²) >= 11 is 5.93. The second-order valence-electron chi connectivity index (χ2n) is 4.76. The predicted octanol–water partition coefficient (Wildman–Crippen LogP) is 2.83. The number of carbonyl (C=O) groups excluding carboxylic acids is 2. The summed E-state index contributed by atoms with van der Waals surface area (Å²) in [4.78, 5) is 25.6. The SMILES string of the molecule is COC(=O)C(C)N(C(=O)C(C)Cl)c1c(C)cccc1C. The van der Waals surface area contributed by atoms with Crippen LogP contribution in [0.2, 0.25) is 0 Å². The number of methoxy groups -OCH3 is 1. The second-order valence-corrected chi connectivity index (χ2v) is 5.42. The van der Waals surface area contributed by atoms with Gasteiger partial charge in [-0.05, 0) is 38.8 Å². The smallest absolute Gasteiger partial charge is 0.328 e. The number of carbonyl (C=O) groups is 2. The number of alkyl halides is 1. The van der Waals surface area contributed by atoms with Gasteiger partial charge >= 0.3 is 5.97 Å². The molecule has 20 heavy (non-hydrogen) atoms. The fraction of sp³-hybridized carbons (Fsp3) is 0.467. The summed E-state index contributed by atoms with van der Waals surface area (Å²) in [5.74, 6) is -0.791. The van der Waals surface area contributed by atoms with Gasteiger partial charge in [0.15, 0.2) is 0 Å². The zero-order valence-corrected chi connectivity index (χ0v) is 13.2. The molecule has 1 rings (SSSR count). The van der Waals surface area contributed by atoms with Gasteiger partial charge in [0.2, 0.25) is 5.91 Å². The van der Waals surface area contributed by atoms with Gasteiger partial charge in [0.1, 0.15) is 11.4 Å². The molecule has 0 aliphatic heterocycles. The molecule has 0 heterocycles. The molecule has 4 nitrogen and oxygen atoms in total. The summed E-state index contributed by atoms with van der Waals surface area (Å²) < 4.78 is 4.75. The second kappa shape index (κ2) is 6.75. The van der Waals surface area contributed by atoms with E-state index in [4.69, 9.17) is 16.3 Å². The molecule has 0 saturated carbocycles. The summed E-state index contributed by atoms with van der Waals surface area (Å²) in [6.07, 6.45) is 0. The van der Waals surface area contributed by atoms with Crippen LogP contribution in [0.3, 0.4) is 0 Å². The number of anilines is 1. The molecule has 1 amide bonds. The molecule has 5 heteroatoms. The van der Waals surface area contributed by atoms with E-state index in [-0.39, 0.29) is 5.91 Å². The minimum absolute atomic E-state index is 0.318. The van der Waals surface area contributed by atoms with E-state index in [0.29, 0.717) is 5.69 Å². The van der Waals surface area contributed by atoms with Crippen LogP contribution in [-0.2, 0) is 14.3 Å². The Morgan fingerprint density at radius 2 is 1.70 bits per heavy atom. The Kier molecular flexibility index (Phi) is 5.57. The van der Waals surface area contributed by atoms with Crippen molar-refractivity contribution in [3.8, 4) is 0 Å². The first-order chi connectivity index (χ1) is 9.31. The van der Waals surface area contributed by atoms with E-state index in [9.17, 15) is 9.59 Å². The number of halogens is 1. The molecule has 0 spiro atoms. The fourth-order valence-electron chi connectivity index (χ4n) is 2.15. The van der Waals surface area contributed by atoms with Crippen LogP contribution < -0.4 is 4.90 Å². The molecule has 2 atom stereocenters. The van der Waals surface area contributed by atoms with Crippen LogP contribution in [0.4, 0.5) is 5.69 Å². The standard InChI is InChI=1S/C15H20ClNO3/c1-9-7-6-8-10(2)13(9)17(14(18)11(3)16)12(4)15(19)20-5/h6-8,11-12H,1-5H3. The maximum atomic E-state index is 12.4. The zero-order chi connectivity index (χ0) is 15.4. The van der Waals surface area contributed by atoms with Gasteiger partial charge in [-0.25, -0.2) is 4.79 Å². The van der Waals surface area contributed by atoms with E-state index < -0.39 is 17.4 Å². The van der Waals surface area contributed by atoms with E-state index >= 15 is 0 Å². The van der Waals surface area contributed by atoms with Crippen molar-refractivity contribution in [1.82, 2.24) is 0 Å². The normalized spacial score (nSPS) is 13.5. The number of rotatable bonds is 4. The number of nitrogens with zero attached hydrogens (tertiary/aromatic N) is 1. The van der Waals surface area contributed by atoms with Crippen molar-refractivity contribution in [2.24, 2.45) is 0 Å². The highest BCUT2D eigenvalue weighted by Gasteiger charge is 2.32. The third-order valence-electron chi connectivity index (χ3n) is 3.19. The molecule has 0 aliphatic carbocycles. The van der Waals surface area contributed by atoms with Crippen molar-refractivity contribution in [1.29, 1.82) is 0 Å². The van der Waals surface area contributed by atoms with Crippen molar-refractivity contribution in [2.45, 2.75) is 39.1 Å². The van der Waals surface area contributed by atoms with Gasteiger partial charge < -0.3 is 4.74 Å². The minimum Gasteiger partial charge on any atom is -0.467 e. The molecule has 2 unspecified atom stereocenters. The van der Waals surface area contributed by atoms with Crippen molar-refractivity contribution in [3.63, 3.8) is 0 Å². The van der Waals surface area contributed by atoms with Crippen molar-refractivity contribution in [2.75, 3.05) is 12.0 Å². The first-order valence-corrected chi connectivity index (χ1v) is 6.86. The number of benzene rings is 1. The fourth-order valence-corrected chi connectivity index (χ4v) is 2.25. The highest BCUT2D eigenvalue weighted by atomic mass is 35.5. The van der Waals surface area contributed by atoms with Gasteiger partial charge in [-0.2, -0.15) is 0 Å². The van der Waals surface area contributed by atoms with Crippen molar-refractivity contribution >= 4 is 29.2 Å². The number of amides is 1. The average Bonchev–Trinajstić information content (AvgIpc) is 2.40. The van der Waals surface area contributed by atoms with E-state index in [1.54, 1.807) is 13.8 Å². The molecule has 0 radical (unpaired) electrons. The minimum atomic E-state index is -0.728. The summed E-state index contributed by atoms with van der Waals surface area (Å²) in [5.41, 5.74) is 2.53. The Bertz CT molecular complexity index is 494. The van der Waals surface area contributed by atoms with Crippen LogP contribution >= 0.6 is 11.6 Å². The van der Waals surface area contributed by atoms with Crippen LogP contribution in [0.15, 0.2) is 18.2 Å². The predicted molar refractivity (Wildman–Crippen MR) is 80.2 cm³/mol. The third kappa shape index (κ3) is 3.31. The lowest BCUT2D eigenvalue weighted by atomic mass is 10.1. The summed E-state index contributed by atoms with van der Waals surface area (Å²) in [6, 6.07) is 4.97. The van der Waals surface area contributed by atoms with E-state index in [2.05, 4.69) is 0 Å². The van der Waals surface area contributed by atoms with Crippen molar-refractivity contribution in [3.05, 3.63) is 29.3 Å². The Morgan fingerprint density at radius 3 is 2.10 bits per heavy atom. The van der Waals surface area contributed by atoms with Crippen LogP contribution in [0.1, 0.15) is 25.0 Å². The molecule has 1 aromatic carbocycles. The van der Waals surface area contributed by atoms with Crippen molar-refractivity contribution < 1.29 is 14.3 Å². The summed E-state index contributed by atoms with van der Waals surface area (Å²) in [7, 11) is 1.30. The molecule has 0 N–H and O–H groups in total. The number of aryl methyl sites for hydroxylation is 2. The van der Waals surface area contributed by atoms with Gasteiger partial charge in [0.25, 0.3) is 0 Å². The first-order valence-electron chi connectivity index (χ1n) is 6.42. The topological polar surface area (TPSA) is 46.6 Å². The maximum absolute atomic E-state index is 12.4. The molecule has 0 bridgehead atoms. The quantitative estimate of drug-likeness (QED) is 0.634. The average molecular weight is 298 g/mol. The van der Waals surface area contributed by atoms with Gasteiger partial charge in [-0.3, -0.25) is 9.69 Å². The van der Waals surface area contributed by atoms with Crippen LogP contribution in [0.5, 0.6) is 0 Å². The molecule has 0 fully saturated rings. The van der Waals surface area contributed by atoms with Crippen LogP contribution in [-0.4, -0.2) is 30.4 Å². The highest BCUT2D eigenvalue weighted by molar-refractivity contribution is 6.33. The van der Waals surface area contributed by atoms with Crippen LogP contribution in [0.25, 0.3) is 0 Å². The van der Waals surface area contributed by atoms with Gasteiger partial charge in [-0.1, -0.05) is 18.2 Å². The lowest BCUT2D eigenvalue weighted by molar-refractivity contribution is -0.143. The van der Waals surface area contributed by atoms with Gasteiger partial charge in [0, 0.05) is 0 Å². The molecular formula is C15H20ClNO3. The van der Waals surface area contributed by atoms with E-state index in [0.717, 1.165) is 11.1 Å². The Labute approximate surface area is 124 Å². The highest BCUT2D eigenvalue weighted by Crippen LogP contribution is 2.28. The lowest BCUT2D eigenvalue weighted by Gasteiger charge is -2.31. The number of hydrogen-bond acceptors (Lipinski definition) is 3. The molecule has 0 aromatic heterocycles. The number of para-hydroxylation sites is 1. The first kappa shape index (κ1) is 16.5. The molecule has 0 saturated heterocycles. The molecular weight excluding hydrogens is 278 g/mol.